The summed E-state index contributed by atoms with van der Waals surface area (Å²) in [5.74, 6) is -0.259. The molecule has 1 aliphatic rings. The lowest BCUT2D eigenvalue weighted by molar-refractivity contribution is 0.0697. The van der Waals surface area contributed by atoms with Crippen LogP contribution in [-0.2, 0) is 17.8 Å². The number of carboxylic acids is 1. The maximum absolute atomic E-state index is 12.6. The van der Waals surface area contributed by atoms with Crippen LogP contribution in [0, 0.1) is 0 Å². The first-order chi connectivity index (χ1) is 12.6. The predicted octanol–water partition coefficient (Wildman–Crippen LogP) is 2.87. The van der Waals surface area contributed by atoms with E-state index in [-0.39, 0.29) is 17.7 Å². The molecule has 2 aromatic rings. The Labute approximate surface area is 151 Å². The van der Waals surface area contributed by atoms with E-state index >= 15 is 0 Å². The highest BCUT2D eigenvalue weighted by Crippen LogP contribution is 2.15. The second-order valence-corrected chi connectivity index (χ2v) is 6.26. The zero-order chi connectivity index (χ0) is 18.4. The standard InChI is InChI=1S/C19H22N2O5/c22-18(23)15-7-5-14(6-8-15)11-20-19(24)21(12-16-3-1-9-25-16)13-17-4-2-10-26-17/h1,3,5-9,17H,2,4,10-13H2,(H,20,24)(H,22,23). The number of aromatic carboxylic acids is 1. The third-order valence-electron chi connectivity index (χ3n) is 4.31. The number of nitrogens with one attached hydrogen (secondary N) is 1. The molecule has 2 heterocycles. The number of amides is 2. The summed E-state index contributed by atoms with van der Waals surface area (Å²) < 4.78 is 11.0. The Hall–Kier alpha value is -2.80. The number of ether oxygens (including phenoxy) is 1. The number of carboxylic acid groups (broad SMARTS) is 1. The maximum atomic E-state index is 12.6. The quantitative estimate of drug-likeness (QED) is 0.794. The minimum absolute atomic E-state index is 0.0468. The molecule has 1 saturated heterocycles. The number of hydrogen-bond donors (Lipinski definition) is 2. The number of rotatable bonds is 7. The molecule has 0 bridgehead atoms. The average Bonchev–Trinajstić information content (AvgIpc) is 3.33. The molecule has 0 radical (unpaired) electrons. The summed E-state index contributed by atoms with van der Waals surface area (Å²) in [7, 11) is 0. The fourth-order valence-electron chi connectivity index (χ4n) is 2.90. The fourth-order valence-corrected chi connectivity index (χ4v) is 2.90. The van der Waals surface area contributed by atoms with Gasteiger partial charge in [-0.25, -0.2) is 9.59 Å². The summed E-state index contributed by atoms with van der Waals surface area (Å²) in [6.45, 7) is 1.93. The van der Waals surface area contributed by atoms with Gasteiger partial charge in [-0.15, -0.1) is 0 Å². The van der Waals surface area contributed by atoms with Crippen LogP contribution >= 0.6 is 0 Å². The van der Waals surface area contributed by atoms with E-state index in [2.05, 4.69) is 5.32 Å². The van der Waals surface area contributed by atoms with Crippen LogP contribution in [0.15, 0.2) is 47.1 Å². The SMILES string of the molecule is O=C(O)c1ccc(CNC(=O)N(Cc2ccco2)CC2CCCO2)cc1. The molecule has 2 N–H and O–H groups in total. The third-order valence-corrected chi connectivity index (χ3v) is 4.31. The molecule has 1 aliphatic heterocycles. The number of carbonyl (C=O) groups is 2. The lowest BCUT2D eigenvalue weighted by Crippen LogP contribution is -2.43. The van der Waals surface area contributed by atoms with Crippen LogP contribution in [0.2, 0.25) is 0 Å². The van der Waals surface area contributed by atoms with E-state index in [0.717, 1.165) is 25.0 Å². The Balaban J connectivity index is 1.59. The summed E-state index contributed by atoms with van der Waals surface area (Å²) in [4.78, 5) is 25.2. The molecule has 7 heteroatoms. The predicted molar refractivity (Wildman–Crippen MR) is 93.7 cm³/mol. The van der Waals surface area contributed by atoms with Crippen LogP contribution < -0.4 is 5.32 Å². The summed E-state index contributed by atoms with van der Waals surface area (Å²) in [6, 6.07) is 9.86. The van der Waals surface area contributed by atoms with E-state index in [1.54, 1.807) is 29.4 Å². The molecular weight excluding hydrogens is 336 g/mol. The third kappa shape index (κ3) is 4.86. The van der Waals surface area contributed by atoms with E-state index in [1.165, 1.54) is 12.1 Å². The van der Waals surface area contributed by atoms with Crippen LogP contribution in [0.1, 0.15) is 34.5 Å². The second-order valence-electron chi connectivity index (χ2n) is 6.26. The molecule has 7 nitrogen and oxygen atoms in total. The summed E-state index contributed by atoms with van der Waals surface area (Å²) in [5, 5.41) is 11.8. The molecule has 1 fully saturated rings. The average molecular weight is 358 g/mol. The maximum Gasteiger partial charge on any atom is 0.335 e. The number of nitrogens with zero attached hydrogens (tertiary/aromatic N) is 1. The van der Waals surface area contributed by atoms with Crippen molar-refractivity contribution in [2.75, 3.05) is 13.2 Å². The Morgan fingerprint density at radius 3 is 2.65 bits per heavy atom. The van der Waals surface area contributed by atoms with Gasteiger partial charge in [0, 0.05) is 19.7 Å². The number of carbonyl (C=O) groups excluding carboxylic acids is 1. The highest BCUT2D eigenvalue weighted by molar-refractivity contribution is 5.87. The van der Waals surface area contributed by atoms with Gasteiger partial charge < -0.3 is 24.5 Å². The lowest BCUT2D eigenvalue weighted by Gasteiger charge is -2.25. The highest BCUT2D eigenvalue weighted by atomic mass is 16.5. The van der Waals surface area contributed by atoms with Crippen molar-refractivity contribution in [1.29, 1.82) is 0 Å². The first-order valence-electron chi connectivity index (χ1n) is 8.61. The molecule has 1 atom stereocenters. The van der Waals surface area contributed by atoms with E-state index < -0.39 is 5.97 Å². The molecule has 0 spiro atoms. The first-order valence-corrected chi connectivity index (χ1v) is 8.61. The van der Waals surface area contributed by atoms with Gasteiger partial charge in [-0.1, -0.05) is 12.1 Å². The van der Waals surface area contributed by atoms with Gasteiger partial charge in [-0.3, -0.25) is 0 Å². The van der Waals surface area contributed by atoms with Gasteiger partial charge in [0.25, 0.3) is 0 Å². The van der Waals surface area contributed by atoms with Gasteiger partial charge in [0.15, 0.2) is 0 Å². The zero-order valence-electron chi connectivity index (χ0n) is 14.4. The van der Waals surface area contributed by atoms with Gasteiger partial charge in [-0.2, -0.15) is 0 Å². The molecule has 1 aromatic heterocycles. The van der Waals surface area contributed by atoms with Gasteiger partial charge in [-0.05, 0) is 42.7 Å². The zero-order valence-corrected chi connectivity index (χ0v) is 14.4. The highest BCUT2D eigenvalue weighted by Gasteiger charge is 2.23. The molecule has 1 aromatic carbocycles. The van der Waals surface area contributed by atoms with Crippen LogP contribution in [0.25, 0.3) is 0 Å². The van der Waals surface area contributed by atoms with Crippen molar-refractivity contribution in [2.24, 2.45) is 0 Å². The van der Waals surface area contributed by atoms with E-state index in [1.807, 2.05) is 6.07 Å². The molecule has 2 amide bonds. The van der Waals surface area contributed by atoms with Crippen molar-refractivity contribution < 1.29 is 23.8 Å². The first kappa shape index (κ1) is 18.0. The van der Waals surface area contributed by atoms with Crippen LogP contribution in [-0.4, -0.2) is 41.3 Å². The van der Waals surface area contributed by atoms with Crippen molar-refractivity contribution in [3.63, 3.8) is 0 Å². The van der Waals surface area contributed by atoms with Gasteiger partial charge >= 0.3 is 12.0 Å². The Morgan fingerprint density at radius 2 is 2.04 bits per heavy atom. The smallest absolute Gasteiger partial charge is 0.335 e. The van der Waals surface area contributed by atoms with Crippen molar-refractivity contribution >= 4 is 12.0 Å². The monoisotopic (exact) mass is 358 g/mol. The van der Waals surface area contributed by atoms with Gasteiger partial charge in [0.2, 0.25) is 0 Å². The molecule has 0 aliphatic carbocycles. The van der Waals surface area contributed by atoms with Crippen LogP contribution in [0.3, 0.4) is 0 Å². The minimum Gasteiger partial charge on any atom is -0.478 e. The molecule has 3 rings (SSSR count). The number of furan rings is 1. The van der Waals surface area contributed by atoms with E-state index in [4.69, 9.17) is 14.3 Å². The number of hydrogen-bond acceptors (Lipinski definition) is 4. The molecule has 138 valence electrons. The van der Waals surface area contributed by atoms with Crippen molar-refractivity contribution in [3.05, 3.63) is 59.5 Å². The van der Waals surface area contributed by atoms with Crippen LogP contribution in [0.4, 0.5) is 4.79 Å². The lowest BCUT2D eigenvalue weighted by atomic mass is 10.1. The second kappa shape index (κ2) is 8.53. The van der Waals surface area contributed by atoms with E-state index in [0.29, 0.717) is 25.4 Å². The largest absolute Gasteiger partial charge is 0.478 e. The van der Waals surface area contributed by atoms with Crippen molar-refractivity contribution in [3.8, 4) is 0 Å². The van der Waals surface area contributed by atoms with Crippen molar-refractivity contribution in [1.82, 2.24) is 10.2 Å². The van der Waals surface area contributed by atoms with E-state index in [9.17, 15) is 9.59 Å². The van der Waals surface area contributed by atoms with Crippen LogP contribution in [0.5, 0.6) is 0 Å². The molecular formula is C19H22N2O5. The molecule has 26 heavy (non-hydrogen) atoms. The number of benzene rings is 1. The minimum atomic E-state index is -0.971. The fraction of sp³-hybridized carbons (Fsp3) is 0.368. The number of urea groups is 1. The summed E-state index contributed by atoms with van der Waals surface area (Å²) >= 11 is 0. The van der Waals surface area contributed by atoms with Gasteiger partial charge in [0.1, 0.15) is 5.76 Å². The molecule has 1 unspecified atom stereocenters. The Kier molecular flexibility index (Phi) is 5.91. The van der Waals surface area contributed by atoms with Crippen molar-refractivity contribution in [2.45, 2.75) is 32.0 Å². The normalized spacial score (nSPS) is 16.4. The van der Waals surface area contributed by atoms with Gasteiger partial charge in [0.05, 0.1) is 24.5 Å². The topological polar surface area (TPSA) is 92.0 Å². The Morgan fingerprint density at radius 1 is 1.23 bits per heavy atom. The summed E-state index contributed by atoms with van der Waals surface area (Å²) in [5.41, 5.74) is 1.05. The summed E-state index contributed by atoms with van der Waals surface area (Å²) in [6.07, 6.45) is 3.59. The molecule has 0 saturated carbocycles. The Bertz CT molecular complexity index is 721.